The number of hydrogen-bond acceptors (Lipinski definition) is 4. The van der Waals surface area contributed by atoms with Crippen LogP contribution in [0.5, 0.6) is 11.5 Å². The van der Waals surface area contributed by atoms with Gasteiger partial charge in [-0.05, 0) is 59.7 Å². The summed E-state index contributed by atoms with van der Waals surface area (Å²) < 4.78 is 10.6. The highest BCUT2D eigenvalue weighted by Gasteiger charge is 2.22. The normalized spacial score (nSPS) is 16.1. The average molecular weight is 372 g/mol. The number of nitrogens with one attached hydrogen (secondary N) is 1. The average Bonchev–Trinajstić information content (AvgIpc) is 2.79. The second kappa shape index (κ2) is 8.09. The van der Waals surface area contributed by atoms with Crippen molar-refractivity contribution in [2.75, 3.05) is 25.7 Å². The second-order valence-electron chi connectivity index (χ2n) is 6.73. The Hall–Kier alpha value is -3.40. The maximum Gasteiger partial charge on any atom is 0.118 e. The van der Waals surface area contributed by atoms with Crippen molar-refractivity contribution in [1.29, 1.82) is 0 Å². The standard InChI is InChI=1S/C24H24N2O2/c1-27-21-12-8-18(9-13-21)23-16-26(20-6-4-3-5-7-20)17-24(25-23)19-10-14-22(28-2)15-11-19/h3-16,24-25H,17H2,1-2H3. The van der Waals surface area contributed by atoms with Gasteiger partial charge in [0.1, 0.15) is 11.5 Å². The first-order valence-electron chi connectivity index (χ1n) is 9.35. The molecule has 4 rings (SSSR count). The molecule has 0 fully saturated rings. The van der Waals surface area contributed by atoms with E-state index in [1.807, 2.05) is 30.3 Å². The minimum atomic E-state index is 0.160. The Bertz CT molecular complexity index is 935. The molecule has 1 aliphatic rings. The van der Waals surface area contributed by atoms with E-state index in [0.29, 0.717) is 0 Å². The molecule has 0 saturated heterocycles. The fraction of sp³-hybridized carbons (Fsp3) is 0.167. The lowest BCUT2D eigenvalue weighted by molar-refractivity contribution is 0.414. The van der Waals surface area contributed by atoms with E-state index >= 15 is 0 Å². The number of anilines is 1. The van der Waals surface area contributed by atoms with Crippen molar-refractivity contribution < 1.29 is 9.47 Å². The van der Waals surface area contributed by atoms with Gasteiger partial charge in [0.25, 0.3) is 0 Å². The van der Waals surface area contributed by atoms with Crippen molar-refractivity contribution in [2.24, 2.45) is 0 Å². The lowest BCUT2D eigenvalue weighted by Crippen LogP contribution is -2.37. The topological polar surface area (TPSA) is 33.7 Å². The van der Waals surface area contributed by atoms with Gasteiger partial charge in [-0.3, -0.25) is 0 Å². The predicted octanol–water partition coefficient (Wildman–Crippen LogP) is 4.85. The van der Waals surface area contributed by atoms with Gasteiger partial charge in [-0.25, -0.2) is 0 Å². The van der Waals surface area contributed by atoms with E-state index in [2.05, 4.69) is 64.9 Å². The van der Waals surface area contributed by atoms with Gasteiger partial charge >= 0.3 is 0 Å². The third-order valence-electron chi connectivity index (χ3n) is 5.00. The molecule has 4 nitrogen and oxygen atoms in total. The van der Waals surface area contributed by atoms with E-state index < -0.39 is 0 Å². The molecule has 0 saturated carbocycles. The molecular weight excluding hydrogens is 348 g/mol. The van der Waals surface area contributed by atoms with Crippen LogP contribution in [0.3, 0.4) is 0 Å². The molecule has 0 aliphatic carbocycles. The first-order chi connectivity index (χ1) is 13.8. The largest absolute Gasteiger partial charge is 0.497 e. The smallest absolute Gasteiger partial charge is 0.118 e. The maximum atomic E-state index is 5.31. The number of nitrogens with zero attached hydrogens (tertiary/aromatic N) is 1. The summed E-state index contributed by atoms with van der Waals surface area (Å²) in [6, 6.07) is 27.0. The van der Waals surface area contributed by atoms with Gasteiger partial charge in [-0.15, -0.1) is 0 Å². The highest BCUT2D eigenvalue weighted by molar-refractivity contribution is 5.70. The number of para-hydroxylation sites is 1. The molecule has 142 valence electrons. The number of hydrogen-bond donors (Lipinski definition) is 1. The first kappa shape index (κ1) is 18.0. The van der Waals surface area contributed by atoms with E-state index in [9.17, 15) is 0 Å². The molecule has 1 aliphatic heterocycles. The van der Waals surface area contributed by atoms with Crippen LogP contribution in [0.25, 0.3) is 5.70 Å². The van der Waals surface area contributed by atoms with Gasteiger partial charge in [0.2, 0.25) is 0 Å². The third-order valence-corrected chi connectivity index (χ3v) is 5.00. The van der Waals surface area contributed by atoms with E-state index in [0.717, 1.165) is 29.3 Å². The Labute approximate surface area is 166 Å². The third kappa shape index (κ3) is 3.81. The molecule has 0 spiro atoms. The minimum Gasteiger partial charge on any atom is -0.497 e. The van der Waals surface area contributed by atoms with Gasteiger partial charge in [0, 0.05) is 18.4 Å². The Morgan fingerprint density at radius 2 is 1.39 bits per heavy atom. The summed E-state index contributed by atoms with van der Waals surface area (Å²) in [5.74, 6) is 1.72. The molecular formula is C24H24N2O2. The molecule has 1 unspecified atom stereocenters. The van der Waals surface area contributed by atoms with Crippen LogP contribution in [-0.2, 0) is 0 Å². The Kier molecular flexibility index (Phi) is 5.20. The van der Waals surface area contributed by atoms with Crippen LogP contribution < -0.4 is 19.7 Å². The van der Waals surface area contributed by atoms with Crippen molar-refractivity contribution in [3.05, 3.63) is 96.2 Å². The summed E-state index contributed by atoms with van der Waals surface area (Å²) >= 11 is 0. The fourth-order valence-electron chi connectivity index (χ4n) is 3.43. The molecule has 1 N–H and O–H groups in total. The molecule has 0 bridgehead atoms. The highest BCUT2D eigenvalue weighted by atomic mass is 16.5. The van der Waals surface area contributed by atoms with Gasteiger partial charge in [-0.2, -0.15) is 0 Å². The van der Waals surface area contributed by atoms with Crippen LogP contribution in [-0.4, -0.2) is 20.8 Å². The van der Waals surface area contributed by atoms with E-state index in [1.165, 1.54) is 11.3 Å². The molecule has 0 amide bonds. The second-order valence-corrected chi connectivity index (χ2v) is 6.73. The summed E-state index contributed by atoms with van der Waals surface area (Å²) in [5.41, 5.74) is 4.60. The number of methoxy groups -OCH3 is 2. The SMILES string of the molecule is COc1ccc(C2=CN(c3ccccc3)CC(c3ccc(OC)cc3)N2)cc1. The minimum absolute atomic E-state index is 0.160. The summed E-state index contributed by atoms with van der Waals surface area (Å²) in [6.07, 6.45) is 2.18. The van der Waals surface area contributed by atoms with E-state index in [-0.39, 0.29) is 6.04 Å². The molecule has 3 aromatic rings. The number of benzene rings is 3. The summed E-state index contributed by atoms with van der Waals surface area (Å²) in [5, 5.41) is 3.70. The van der Waals surface area contributed by atoms with Crippen LogP contribution in [0.4, 0.5) is 5.69 Å². The van der Waals surface area contributed by atoms with Gasteiger partial charge in [0.05, 0.1) is 26.0 Å². The fourth-order valence-corrected chi connectivity index (χ4v) is 3.43. The van der Waals surface area contributed by atoms with Crippen molar-refractivity contribution in [2.45, 2.75) is 6.04 Å². The van der Waals surface area contributed by atoms with Gasteiger partial charge in [0.15, 0.2) is 0 Å². The molecule has 1 heterocycles. The zero-order chi connectivity index (χ0) is 19.3. The van der Waals surface area contributed by atoms with Crippen LogP contribution in [0.1, 0.15) is 17.2 Å². The molecule has 28 heavy (non-hydrogen) atoms. The van der Waals surface area contributed by atoms with Gasteiger partial charge in [-0.1, -0.05) is 30.3 Å². The number of ether oxygens (including phenoxy) is 2. The van der Waals surface area contributed by atoms with E-state index in [4.69, 9.17) is 9.47 Å². The van der Waals surface area contributed by atoms with Crippen LogP contribution in [0.2, 0.25) is 0 Å². The zero-order valence-electron chi connectivity index (χ0n) is 16.1. The first-order valence-corrected chi connectivity index (χ1v) is 9.35. The molecule has 1 atom stereocenters. The van der Waals surface area contributed by atoms with Gasteiger partial charge < -0.3 is 19.7 Å². The Morgan fingerprint density at radius 1 is 0.786 bits per heavy atom. The maximum absolute atomic E-state index is 5.31. The predicted molar refractivity (Wildman–Crippen MR) is 114 cm³/mol. The summed E-state index contributed by atoms with van der Waals surface area (Å²) in [6.45, 7) is 0.843. The van der Waals surface area contributed by atoms with Crippen LogP contribution in [0, 0.1) is 0 Å². The lowest BCUT2D eigenvalue weighted by Gasteiger charge is -2.35. The van der Waals surface area contributed by atoms with Crippen molar-refractivity contribution in [3.63, 3.8) is 0 Å². The Balaban J connectivity index is 1.69. The van der Waals surface area contributed by atoms with Crippen LogP contribution >= 0.6 is 0 Å². The number of rotatable bonds is 5. The summed E-state index contributed by atoms with van der Waals surface area (Å²) in [7, 11) is 3.37. The molecule has 0 aromatic heterocycles. The quantitative estimate of drug-likeness (QED) is 0.694. The molecule has 3 aromatic carbocycles. The lowest BCUT2D eigenvalue weighted by atomic mass is 10.0. The molecule has 0 radical (unpaired) electrons. The molecule has 4 heteroatoms. The summed E-state index contributed by atoms with van der Waals surface area (Å²) in [4.78, 5) is 2.30. The van der Waals surface area contributed by atoms with Crippen LogP contribution in [0.15, 0.2) is 85.1 Å². The zero-order valence-corrected chi connectivity index (χ0v) is 16.1. The monoisotopic (exact) mass is 372 g/mol. The van der Waals surface area contributed by atoms with E-state index in [1.54, 1.807) is 14.2 Å². The van der Waals surface area contributed by atoms with Crippen molar-refractivity contribution in [3.8, 4) is 11.5 Å². The highest BCUT2D eigenvalue weighted by Crippen LogP contribution is 2.30. The van der Waals surface area contributed by atoms with Crippen molar-refractivity contribution >= 4 is 11.4 Å². The Morgan fingerprint density at radius 3 is 2.00 bits per heavy atom. The van der Waals surface area contributed by atoms with Crippen molar-refractivity contribution in [1.82, 2.24) is 5.32 Å².